The second-order valence-electron chi connectivity index (χ2n) is 11.1. The first-order valence-corrected chi connectivity index (χ1v) is 14.8. The van der Waals surface area contributed by atoms with E-state index in [9.17, 15) is 44.7 Å². The molecule has 13 atom stereocenters. The molecule has 0 spiro atoms. The lowest BCUT2D eigenvalue weighted by atomic mass is 9.94. The summed E-state index contributed by atoms with van der Waals surface area (Å²) in [5, 5.41) is 54.9. The number of carbonyl (C=O) groups is 4. The zero-order valence-corrected chi connectivity index (χ0v) is 25.8. The molecule has 18 nitrogen and oxygen atoms in total. The van der Waals surface area contributed by atoms with Crippen LogP contribution in [0, 0.1) is 0 Å². The molecular formula is C27H48N4O14. The molecule has 0 bridgehead atoms. The van der Waals surface area contributed by atoms with Gasteiger partial charge in [0.15, 0.2) is 18.4 Å². The second-order valence-corrected chi connectivity index (χ2v) is 11.1. The maximum Gasteiger partial charge on any atom is 0.303 e. The molecule has 2 amide bonds. The van der Waals surface area contributed by atoms with Gasteiger partial charge in [0.1, 0.15) is 48.8 Å². The molecule has 2 rings (SSSR count). The highest BCUT2D eigenvalue weighted by Crippen LogP contribution is 2.31. The van der Waals surface area contributed by atoms with Gasteiger partial charge in [0.2, 0.25) is 11.8 Å². The Morgan fingerprint density at radius 3 is 2.13 bits per heavy atom. The number of aliphatic carboxylic acids is 1. The number of rotatable bonds is 17. The summed E-state index contributed by atoms with van der Waals surface area (Å²) >= 11 is 0. The molecule has 0 aliphatic carbocycles. The lowest BCUT2D eigenvalue weighted by Gasteiger charge is -2.49. The smallest absolute Gasteiger partial charge is 0.303 e. The molecule has 0 unspecified atom stereocenters. The number of carbonyl (C=O) groups excluding carboxylic acids is 3. The van der Waals surface area contributed by atoms with Crippen molar-refractivity contribution in [3.63, 3.8) is 0 Å². The molecule has 0 saturated carbocycles. The fourth-order valence-electron chi connectivity index (χ4n) is 4.96. The number of ether oxygens (including phenoxy) is 5. The van der Waals surface area contributed by atoms with E-state index in [2.05, 4.69) is 10.6 Å². The third kappa shape index (κ3) is 10.6. The summed E-state index contributed by atoms with van der Waals surface area (Å²) in [6.45, 7) is 4.55. The molecule has 2 aliphatic rings. The van der Waals surface area contributed by atoms with Crippen LogP contribution in [0.3, 0.4) is 0 Å². The number of nitrogens with two attached hydrogens (primary N) is 2. The Bertz CT molecular complexity index is 987. The number of aliphatic hydroxyl groups is 4. The van der Waals surface area contributed by atoms with E-state index in [1.54, 1.807) is 0 Å². The van der Waals surface area contributed by atoms with Crippen LogP contribution in [0.4, 0.5) is 0 Å². The highest BCUT2D eigenvalue weighted by Gasteiger charge is 2.52. The minimum absolute atomic E-state index is 0.172. The van der Waals surface area contributed by atoms with E-state index in [-0.39, 0.29) is 13.0 Å². The Hall–Kier alpha value is -2.36. The molecule has 45 heavy (non-hydrogen) atoms. The summed E-state index contributed by atoms with van der Waals surface area (Å²) in [6.07, 6.45) is -12.7. The Balaban J connectivity index is 2.50. The van der Waals surface area contributed by atoms with Gasteiger partial charge in [-0.1, -0.05) is 6.92 Å². The van der Waals surface area contributed by atoms with Crippen LogP contribution >= 0.6 is 0 Å². The van der Waals surface area contributed by atoms with Crippen molar-refractivity contribution in [2.75, 3.05) is 19.8 Å². The first-order valence-electron chi connectivity index (χ1n) is 14.8. The molecule has 0 aromatic carbocycles. The highest BCUT2D eigenvalue weighted by molar-refractivity contribution is 5.93. The molecule has 0 aromatic heterocycles. The van der Waals surface area contributed by atoms with E-state index in [0.717, 1.165) is 0 Å². The number of Topliss-reactive ketones (excluding diaryl/α,β-unsaturated/α-hetero) is 1. The number of ketones is 1. The van der Waals surface area contributed by atoms with E-state index in [1.165, 1.54) is 20.8 Å². The molecule has 2 aliphatic heterocycles. The highest BCUT2D eigenvalue weighted by atomic mass is 16.7. The van der Waals surface area contributed by atoms with Crippen LogP contribution in [0.1, 0.15) is 47.0 Å². The standard InChI is InChI=1S/C27H48N4O14/c1-5-8-41-27-19(30-13(4)34)24(42-12(3)20(37)14(6-7-17(35)36)31-25(40)11(2)28)23(16(10-33)44-27)45-26-18(29)22(39)21(38)15(9-32)43-26/h11-12,14-16,18-19,21-24,26-27,32-33,38-39H,5-10,28-29H2,1-4H3,(H,30,34)(H,31,40)(H,35,36)/t11-,12+,14+,15+,16+,18+,19+,21+,22+,23+,24+,26-,27-/m0/s1. The lowest BCUT2D eigenvalue weighted by Crippen LogP contribution is -2.69. The largest absolute Gasteiger partial charge is 0.481 e. The predicted octanol–water partition coefficient (Wildman–Crippen LogP) is -4.17. The molecule has 2 heterocycles. The Labute approximate surface area is 260 Å². The fourth-order valence-corrected chi connectivity index (χ4v) is 4.96. The van der Waals surface area contributed by atoms with Crippen LogP contribution in [0.25, 0.3) is 0 Å². The van der Waals surface area contributed by atoms with E-state index >= 15 is 0 Å². The molecular weight excluding hydrogens is 604 g/mol. The van der Waals surface area contributed by atoms with E-state index in [1.807, 2.05) is 6.92 Å². The van der Waals surface area contributed by atoms with Crippen molar-refractivity contribution >= 4 is 23.6 Å². The van der Waals surface area contributed by atoms with E-state index < -0.39 is 123 Å². The van der Waals surface area contributed by atoms with Crippen molar-refractivity contribution in [1.82, 2.24) is 10.6 Å². The second kappa shape index (κ2) is 18.1. The zero-order valence-electron chi connectivity index (χ0n) is 25.8. The quantitative estimate of drug-likeness (QED) is 0.0720. The van der Waals surface area contributed by atoms with Gasteiger partial charge in [-0.2, -0.15) is 0 Å². The van der Waals surface area contributed by atoms with Gasteiger partial charge in [-0.25, -0.2) is 0 Å². The molecule has 11 N–H and O–H groups in total. The summed E-state index contributed by atoms with van der Waals surface area (Å²) < 4.78 is 29.6. The Morgan fingerprint density at radius 1 is 0.978 bits per heavy atom. The third-order valence-corrected chi connectivity index (χ3v) is 7.38. The van der Waals surface area contributed by atoms with Gasteiger partial charge in [0.05, 0.1) is 31.3 Å². The fraction of sp³-hybridized carbons (Fsp3) is 0.852. The minimum Gasteiger partial charge on any atom is -0.481 e. The zero-order chi connectivity index (χ0) is 34.0. The van der Waals surface area contributed by atoms with Gasteiger partial charge in [-0.05, 0) is 26.7 Å². The van der Waals surface area contributed by atoms with Crippen molar-refractivity contribution < 1.29 is 68.4 Å². The van der Waals surface area contributed by atoms with Crippen LogP contribution < -0.4 is 22.1 Å². The average molecular weight is 653 g/mol. The molecule has 0 radical (unpaired) electrons. The van der Waals surface area contributed by atoms with Gasteiger partial charge < -0.3 is 71.3 Å². The first-order chi connectivity index (χ1) is 21.2. The summed E-state index contributed by atoms with van der Waals surface area (Å²) in [4.78, 5) is 49.5. The number of carboxylic acids is 1. The Kier molecular flexibility index (Phi) is 15.6. The maximum atomic E-state index is 13.6. The van der Waals surface area contributed by atoms with E-state index in [0.29, 0.717) is 6.42 Å². The number of nitrogens with one attached hydrogen (secondary N) is 2. The molecule has 18 heteroatoms. The topological polar surface area (TPSA) is 292 Å². The van der Waals surface area contributed by atoms with Gasteiger partial charge in [0, 0.05) is 20.0 Å². The van der Waals surface area contributed by atoms with E-state index in [4.69, 9.17) is 35.2 Å². The summed E-state index contributed by atoms with van der Waals surface area (Å²) in [5.74, 6) is -3.19. The molecule has 0 aromatic rings. The SMILES string of the molecule is CCCO[C@H]1O[C@H](CO)[C@@H](O[C@@H]2O[C@H](CO)[C@@H](O)[C@H](O)[C@H]2N)[C@H](O[C@H](C)C(=O)[C@@H](CCC(=O)O)NC(=O)[C@H](C)N)[C@H]1NC(C)=O. The Morgan fingerprint density at radius 2 is 1.60 bits per heavy atom. The van der Waals surface area contributed by atoms with Crippen molar-refractivity contribution in [2.24, 2.45) is 11.5 Å². The predicted molar refractivity (Wildman–Crippen MR) is 152 cm³/mol. The normalized spacial score (nSPS) is 33.9. The molecule has 260 valence electrons. The molecule has 2 saturated heterocycles. The van der Waals surface area contributed by atoms with Crippen LogP contribution in [0.5, 0.6) is 0 Å². The molecule has 2 fully saturated rings. The van der Waals surface area contributed by atoms with Gasteiger partial charge in [-0.15, -0.1) is 0 Å². The van der Waals surface area contributed by atoms with Crippen molar-refractivity contribution in [1.29, 1.82) is 0 Å². The van der Waals surface area contributed by atoms with Crippen LogP contribution in [0.2, 0.25) is 0 Å². The first kappa shape index (κ1) is 38.8. The number of amides is 2. The van der Waals surface area contributed by atoms with Crippen LogP contribution in [0.15, 0.2) is 0 Å². The number of aliphatic hydroxyl groups excluding tert-OH is 4. The number of carboxylic acid groups (broad SMARTS) is 1. The summed E-state index contributed by atoms with van der Waals surface area (Å²) in [7, 11) is 0. The van der Waals surface area contributed by atoms with Crippen molar-refractivity contribution in [3.05, 3.63) is 0 Å². The summed E-state index contributed by atoms with van der Waals surface area (Å²) in [6, 6.07) is -4.84. The van der Waals surface area contributed by atoms with Gasteiger partial charge in [0.25, 0.3) is 0 Å². The minimum atomic E-state index is -1.59. The number of hydrogen-bond donors (Lipinski definition) is 9. The van der Waals surface area contributed by atoms with Crippen LogP contribution in [-0.2, 0) is 42.9 Å². The van der Waals surface area contributed by atoms with Crippen LogP contribution in [-0.4, -0.2) is 148 Å². The van der Waals surface area contributed by atoms with Crippen molar-refractivity contribution in [2.45, 2.75) is 126 Å². The summed E-state index contributed by atoms with van der Waals surface area (Å²) in [5.41, 5.74) is 11.7. The maximum absolute atomic E-state index is 13.6. The van der Waals surface area contributed by atoms with Crippen molar-refractivity contribution in [3.8, 4) is 0 Å². The number of hydrogen-bond acceptors (Lipinski definition) is 15. The van der Waals surface area contributed by atoms with Gasteiger partial charge in [-0.3, -0.25) is 19.2 Å². The monoisotopic (exact) mass is 652 g/mol. The lowest BCUT2D eigenvalue weighted by molar-refractivity contribution is -0.336. The average Bonchev–Trinajstić information content (AvgIpc) is 2.99. The van der Waals surface area contributed by atoms with Gasteiger partial charge >= 0.3 is 5.97 Å². The third-order valence-electron chi connectivity index (χ3n) is 7.38.